The molecule has 0 amide bonds. The average Bonchev–Trinajstić information content (AvgIpc) is 2.31. The first-order valence-electron chi connectivity index (χ1n) is 5.58. The number of aryl methyl sites for hydroxylation is 1. The van der Waals surface area contributed by atoms with E-state index in [9.17, 15) is 0 Å². The summed E-state index contributed by atoms with van der Waals surface area (Å²) >= 11 is 0. The molecule has 0 saturated carbocycles. The van der Waals surface area contributed by atoms with Crippen LogP contribution in [0.15, 0.2) is 36.4 Å². The number of nitrogens with two attached hydrogens (primary N) is 1. The highest BCUT2D eigenvalue weighted by molar-refractivity contribution is 5.92. The van der Waals surface area contributed by atoms with E-state index in [2.05, 4.69) is 11.6 Å². The molecule has 0 bridgehead atoms. The maximum atomic E-state index is 6.22. The van der Waals surface area contributed by atoms with Gasteiger partial charge in [-0.1, -0.05) is 30.4 Å². The fraction of sp³-hybridized carbons (Fsp3) is 0.214. The van der Waals surface area contributed by atoms with Gasteiger partial charge in [0.2, 0.25) is 0 Å². The van der Waals surface area contributed by atoms with Gasteiger partial charge < -0.3 is 5.73 Å². The molecule has 16 heavy (non-hydrogen) atoms. The molecule has 1 aromatic heterocycles. The molecule has 0 saturated heterocycles. The molecule has 2 aromatic rings. The first-order chi connectivity index (χ1) is 7.75. The quantitative estimate of drug-likeness (QED) is 0.679. The lowest BCUT2D eigenvalue weighted by Crippen LogP contribution is -2.10. The molecule has 1 aromatic carbocycles. The summed E-state index contributed by atoms with van der Waals surface area (Å²) in [6.45, 7) is 4.05. The highest BCUT2D eigenvalue weighted by Crippen LogP contribution is 2.32. The second-order valence-electron chi connectivity index (χ2n) is 4.39. The number of benzene rings is 1. The topological polar surface area (TPSA) is 38.9 Å². The second-order valence-corrected chi connectivity index (χ2v) is 4.39. The van der Waals surface area contributed by atoms with Crippen molar-refractivity contribution >= 4 is 16.6 Å². The number of fused-ring (bicyclic) bond motifs is 2. The summed E-state index contributed by atoms with van der Waals surface area (Å²) < 4.78 is 0. The Bertz CT molecular complexity index is 585. The van der Waals surface area contributed by atoms with Crippen molar-refractivity contribution in [2.75, 3.05) is 5.73 Å². The Hall–Kier alpha value is -1.83. The van der Waals surface area contributed by atoms with Gasteiger partial charge in [0.25, 0.3) is 0 Å². The second kappa shape index (κ2) is 3.34. The minimum atomic E-state index is 0.888. The molecule has 2 heteroatoms. The summed E-state index contributed by atoms with van der Waals surface area (Å²) in [6.07, 6.45) is 2.90. The van der Waals surface area contributed by atoms with Crippen LogP contribution in [0.1, 0.15) is 17.7 Å². The van der Waals surface area contributed by atoms with Crippen LogP contribution < -0.4 is 5.73 Å². The molecule has 2 N–H and O–H groups in total. The van der Waals surface area contributed by atoms with Crippen molar-refractivity contribution < 1.29 is 0 Å². The molecule has 2 nitrogen and oxygen atoms in total. The van der Waals surface area contributed by atoms with Gasteiger partial charge in [-0.2, -0.15) is 0 Å². The van der Waals surface area contributed by atoms with Gasteiger partial charge in [-0.05, 0) is 25.3 Å². The van der Waals surface area contributed by atoms with E-state index in [4.69, 9.17) is 5.73 Å². The lowest BCUT2D eigenvalue weighted by atomic mass is 9.90. The van der Waals surface area contributed by atoms with Gasteiger partial charge in [0.05, 0.1) is 5.52 Å². The van der Waals surface area contributed by atoms with Gasteiger partial charge >= 0.3 is 0 Å². The predicted octanol–water partition coefficient (Wildman–Crippen LogP) is 2.86. The molecular formula is C14H14N2. The molecule has 1 heterocycles. The van der Waals surface area contributed by atoms with E-state index >= 15 is 0 Å². The molecule has 0 radical (unpaired) electrons. The predicted molar refractivity (Wildman–Crippen MR) is 67.3 cm³/mol. The molecule has 0 fully saturated rings. The smallest absolute Gasteiger partial charge is 0.0726 e. The summed E-state index contributed by atoms with van der Waals surface area (Å²) in [5, 5.41) is 1.07. The van der Waals surface area contributed by atoms with Crippen LogP contribution in [0, 0.1) is 0 Å². The fourth-order valence-corrected chi connectivity index (χ4v) is 2.37. The van der Waals surface area contributed by atoms with Crippen molar-refractivity contribution in [1.29, 1.82) is 0 Å². The maximum absolute atomic E-state index is 6.22. The normalized spacial score (nSPS) is 15.1. The van der Waals surface area contributed by atoms with Crippen molar-refractivity contribution in [3.63, 3.8) is 0 Å². The van der Waals surface area contributed by atoms with E-state index in [0.717, 1.165) is 41.5 Å². The Morgan fingerprint density at radius 2 is 2.00 bits per heavy atom. The Morgan fingerprint density at radius 3 is 2.88 bits per heavy atom. The third kappa shape index (κ3) is 1.30. The highest BCUT2D eigenvalue weighted by atomic mass is 14.7. The fourth-order valence-electron chi connectivity index (χ4n) is 2.37. The molecule has 0 unspecified atom stereocenters. The monoisotopic (exact) mass is 210 g/mol. The third-order valence-electron chi connectivity index (χ3n) is 3.27. The van der Waals surface area contributed by atoms with Gasteiger partial charge in [-0.3, -0.25) is 4.98 Å². The number of aromatic nitrogens is 1. The molecular weight excluding hydrogens is 196 g/mol. The summed E-state index contributed by atoms with van der Waals surface area (Å²) in [4.78, 5) is 4.69. The van der Waals surface area contributed by atoms with Crippen LogP contribution in [0.25, 0.3) is 10.9 Å². The first kappa shape index (κ1) is 9.40. The number of pyridine rings is 1. The molecule has 1 aliphatic carbocycles. The van der Waals surface area contributed by atoms with Crippen molar-refractivity contribution in [1.82, 2.24) is 4.98 Å². The van der Waals surface area contributed by atoms with E-state index < -0.39 is 0 Å². The number of nitrogen functional groups attached to an aromatic ring is 1. The van der Waals surface area contributed by atoms with E-state index in [0.29, 0.717) is 0 Å². The first-order valence-corrected chi connectivity index (χ1v) is 5.58. The Morgan fingerprint density at radius 1 is 1.19 bits per heavy atom. The number of para-hydroxylation sites is 1. The van der Waals surface area contributed by atoms with Gasteiger partial charge in [0.1, 0.15) is 0 Å². The van der Waals surface area contributed by atoms with E-state index in [1.165, 1.54) is 11.1 Å². The molecule has 0 spiro atoms. The van der Waals surface area contributed by atoms with Crippen LogP contribution in [0.2, 0.25) is 0 Å². The SMILES string of the molecule is C=C1CCc2nc3ccccc3c(N)c2C1. The van der Waals surface area contributed by atoms with Crippen molar-refractivity contribution in [2.24, 2.45) is 0 Å². The molecule has 0 aliphatic heterocycles. The average molecular weight is 210 g/mol. The zero-order valence-electron chi connectivity index (χ0n) is 9.16. The van der Waals surface area contributed by atoms with Crippen LogP contribution in [0.4, 0.5) is 5.69 Å². The van der Waals surface area contributed by atoms with Crippen molar-refractivity contribution in [3.05, 3.63) is 47.7 Å². The zero-order valence-corrected chi connectivity index (χ0v) is 9.16. The Kier molecular flexibility index (Phi) is 1.96. The number of allylic oxidation sites excluding steroid dienone is 1. The summed E-state index contributed by atoms with van der Waals surface area (Å²) in [7, 11) is 0. The highest BCUT2D eigenvalue weighted by Gasteiger charge is 2.17. The summed E-state index contributed by atoms with van der Waals surface area (Å²) in [5.41, 5.74) is 11.7. The van der Waals surface area contributed by atoms with Crippen LogP contribution in [0.3, 0.4) is 0 Å². The Labute approximate surface area is 94.8 Å². The minimum Gasteiger partial charge on any atom is -0.398 e. The lowest BCUT2D eigenvalue weighted by molar-refractivity contribution is 0.815. The third-order valence-corrected chi connectivity index (χ3v) is 3.27. The number of hydrogen-bond acceptors (Lipinski definition) is 2. The molecule has 1 aliphatic rings. The van der Waals surface area contributed by atoms with Crippen LogP contribution >= 0.6 is 0 Å². The van der Waals surface area contributed by atoms with E-state index in [1.807, 2.05) is 24.3 Å². The number of hydrogen-bond donors (Lipinski definition) is 1. The lowest BCUT2D eigenvalue weighted by Gasteiger charge is -2.20. The molecule has 0 atom stereocenters. The van der Waals surface area contributed by atoms with Gasteiger partial charge in [0, 0.05) is 22.3 Å². The van der Waals surface area contributed by atoms with Crippen molar-refractivity contribution in [3.8, 4) is 0 Å². The van der Waals surface area contributed by atoms with Gasteiger partial charge in [-0.25, -0.2) is 0 Å². The number of nitrogens with zero attached hydrogens (tertiary/aromatic N) is 1. The van der Waals surface area contributed by atoms with Gasteiger partial charge in [-0.15, -0.1) is 0 Å². The summed E-state index contributed by atoms with van der Waals surface area (Å²) in [6, 6.07) is 8.07. The van der Waals surface area contributed by atoms with Gasteiger partial charge in [0.15, 0.2) is 0 Å². The molecule has 80 valence electrons. The van der Waals surface area contributed by atoms with Crippen LogP contribution in [0.5, 0.6) is 0 Å². The largest absolute Gasteiger partial charge is 0.398 e. The Balaban J connectivity index is 2.33. The molecule has 3 rings (SSSR count). The standard InChI is InChI=1S/C14H14N2/c1-9-6-7-13-11(8-9)14(15)10-4-2-3-5-12(10)16-13/h2-5H,1,6-8H2,(H2,15,16). The van der Waals surface area contributed by atoms with E-state index in [1.54, 1.807) is 0 Å². The summed E-state index contributed by atoms with van der Waals surface area (Å²) in [5.74, 6) is 0. The van der Waals surface area contributed by atoms with Crippen LogP contribution in [-0.4, -0.2) is 4.98 Å². The van der Waals surface area contributed by atoms with Crippen molar-refractivity contribution in [2.45, 2.75) is 19.3 Å². The van der Waals surface area contributed by atoms with E-state index in [-0.39, 0.29) is 0 Å². The van der Waals surface area contributed by atoms with Crippen LogP contribution in [-0.2, 0) is 12.8 Å². The maximum Gasteiger partial charge on any atom is 0.0726 e. The minimum absolute atomic E-state index is 0.888. The number of rotatable bonds is 0. The zero-order chi connectivity index (χ0) is 11.1. The number of anilines is 1.